The Morgan fingerprint density at radius 1 is 1.50 bits per heavy atom. The van der Waals surface area contributed by atoms with Crippen molar-refractivity contribution in [2.45, 2.75) is 6.29 Å². The molecule has 0 fully saturated rings. The van der Waals surface area contributed by atoms with Crippen LogP contribution in [0.3, 0.4) is 0 Å². The predicted molar refractivity (Wildman–Crippen MR) is 71.7 cm³/mol. The summed E-state index contributed by atoms with van der Waals surface area (Å²) < 4.78 is 23.9. The first-order valence-electron chi connectivity index (χ1n) is 5.47. The first-order chi connectivity index (χ1) is 9.54. The Bertz CT molecular complexity index is 563. The average molecular weight is 279 g/mol. The van der Waals surface area contributed by atoms with Gasteiger partial charge in [0.15, 0.2) is 12.1 Å². The number of nitriles is 1. The monoisotopic (exact) mass is 279 g/mol. The molecule has 4 N–H and O–H groups in total. The van der Waals surface area contributed by atoms with E-state index in [1.54, 1.807) is 6.07 Å². The maximum absolute atomic E-state index is 13.9. The van der Waals surface area contributed by atoms with Crippen LogP contribution in [-0.2, 0) is 9.47 Å². The summed E-state index contributed by atoms with van der Waals surface area (Å²) in [5.74, 6) is -1.05. The maximum Gasteiger partial charge on any atom is 0.201 e. The predicted octanol–water partition coefficient (Wildman–Crippen LogP) is 1.34. The van der Waals surface area contributed by atoms with Crippen LogP contribution in [0.5, 0.6) is 0 Å². The number of halogens is 1. The highest BCUT2D eigenvalue weighted by molar-refractivity contribution is 6.45. The lowest BCUT2D eigenvalue weighted by atomic mass is 10.1. The number of nitrogens with two attached hydrogens (primary N) is 1. The molecule has 106 valence electrons. The number of benzene rings is 1. The van der Waals surface area contributed by atoms with Crippen molar-refractivity contribution in [2.75, 3.05) is 19.6 Å². The molecule has 1 rings (SSSR count). The molecule has 0 radical (unpaired) electrons. The van der Waals surface area contributed by atoms with Gasteiger partial charge in [-0.3, -0.25) is 10.8 Å². The Kier molecular flexibility index (Phi) is 5.58. The van der Waals surface area contributed by atoms with Crippen LogP contribution < -0.4 is 11.2 Å². The number of nitrogens with one attached hydrogen (secondary N) is 2. The summed E-state index contributed by atoms with van der Waals surface area (Å²) in [4.78, 5) is 0. The second-order valence-corrected chi connectivity index (χ2v) is 3.60. The van der Waals surface area contributed by atoms with E-state index in [0.29, 0.717) is 0 Å². The van der Waals surface area contributed by atoms with Crippen molar-refractivity contribution < 1.29 is 13.9 Å². The number of amidine groups is 1. The highest BCUT2D eigenvalue weighted by Crippen LogP contribution is 2.28. The van der Waals surface area contributed by atoms with E-state index in [0.717, 1.165) is 0 Å². The first-order valence-corrected chi connectivity index (χ1v) is 5.47. The van der Waals surface area contributed by atoms with Gasteiger partial charge in [0, 0.05) is 14.2 Å². The van der Waals surface area contributed by atoms with Crippen LogP contribution in [0.25, 0.3) is 0 Å². The molecular formula is C12H14FN5O2. The lowest BCUT2D eigenvalue weighted by Crippen LogP contribution is -2.22. The fourth-order valence-corrected chi connectivity index (χ4v) is 1.47. The fourth-order valence-electron chi connectivity index (χ4n) is 1.47. The van der Waals surface area contributed by atoms with Gasteiger partial charge in [-0.15, -0.1) is 0 Å². The van der Waals surface area contributed by atoms with E-state index in [9.17, 15) is 4.39 Å². The number of hydrogen-bond acceptors (Lipinski definition) is 6. The first kappa shape index (κ1) is 15.6. The van der Waals surface area contributed by atoms with Crippen LogP contribution in [0.15, 0.2) is 23.3 Å². The number of hydrazone groups is 1. The SMILES string of the molecule is COC(OC)c1c(F)cccc1N/N=C(\C#N)C(=N)N. The quantitative estimate of drug-likeness (QED) is 0.314. The largest absolute Gasteiger partial charge is 0.382 e. The number of anilines is 1. The van der Waals surface area contributed by atoms with E-state index in [1.165, 1.54) is 32.4 Å². The molecule has 20 heavy (non-hydrogen) atoms. The molecule has 0 saturated carbocycles. The molecule has 1 aromatic rings. The van der Waals surface area contributed by atoms with Gasteiger partial charge in [-0.05, 0) is 12.1 Å². The van der Waals surface area contributed by atoms with Crippen LogP contribution in [-0.4, -0.2) is 25.8 Å². The van der Waals surface area contributed by atoms with Gasteiger partial charge in [-0.2, -0.15) is 10.4 Å². The zero-order chi connectivity index (χ0) is 15.1. The summed E-state index contributed by atoms with van der Waals surface area (Å²) in [6.07, 6.45) is -0.934. The van der Waals surface area contributed by atoms with Crippen LogP contribution in [0, 0.1) is 22.6 Å². The fraction of sp³-hybridized carbons (Fsp3) is 0.250. The van der Waals surface area contributed by atoms with Gasteiger partial charge >= 0.3 is 0 Å². The lowest BCUT2D eigenvalue weighted by Gasteiger charge is -2.17. The molecule has 0 aliphatic carbocycles. The van der Waals surface area contributed by atoms with E-state index in [2.05, 4.69) is 10.5 Å². The van der Waals surface area contributed by atoms with Gasteiger partial charge in [0.2, 0.25) is 5.71 Å². The van der Waals surface area contributed by atoms with Crippen molar-refractivity contribution in [3.8, 4) is 6.07 Å². The summed E-state index contributed by atoms with van der Waals surface area (Å²) in [5.41, 5.74) is 7.67. The molecule has 0 saturated heterocycles. The summed E-state index contributed by atoms with van der Waals surface area (Å²) in [7, 11) is 2.73. The van der Waals surface area contributed by atoms with Crippen LogP contribution >= 0.6 is 0 Å². The Hall–Kier alpha value is -2.50. The van der Waals surface area contributed by atoms with Gasteiger partial charge in [0.05, 0.1) is 11.3 Å². The molecule has 8 heteroatoms. The molecule has 0 amide bonds. The van der Waals surface area contributed by atoms with Crippen molar-refractivity contribution in [1.29, 1.82) is 10.7 Å². The normalized spacial score (nSPS) is 11.2. The molecule has 0 unspecified atom stereocenters. The van der Waals surface area contributed by atoms with Gasteiger partial charge < -0.3 is 15.2 Å². The standard InChI is InChI=1S/C12H14FN5O2/c1-19-12(20-2)10-7(13)4-3-5-8(10)17-18-9(6-14)11(15)16/h3-5,12,17H,1-2H3,(H3,15,16)/b18-9+. The second kappa shape index (κ2) is 7.18. The van der Waals surface area contributed by atoms with E-state index < -0.39 is 17.9 Å². The molecule has 1 aromatic carbocycles. The number of methoxy groups -OCH3 is 2. The van der Waals surface area contributed by atoms with Crippen molar-refractivity contribution in [2.24, 2.45) is 10.8 Å². The molecule has 0 atom stereocenters. The third kappa shape index (κ3) is 3.50. The molecule has 0 aliphatic heterocycles. The summed E-state index contributed by atoms with van der Waals surface area (Å²) >= 11 is 0. The second-order valence-electron chi connectivity index (χ2n) is 3.60. The van der Waals surface area contributed by atoms with E-state index in [4.69, 9.17) is 25.9 Å². The summed E-state index contributed by atoms with van der Waals surface area (Å²) in [6.45, 7) is 0. The molecule has 0 aliphatic rings. The third-order valence-electron chi connectivity index (χ3n) is 2.37. The summed E-state index contributed by atoms with van der Waals surface area (Å²) in [5, 5.41) is 19.5. The maximum atomic E-state index is 13.9. The minimum atomic E-state index is -0.934. The van der Waals surface area contributed by atoms with E-state index in [1.807, 2.05) is 0 Å². The Morgan fingerprint density at radius 3 is 2.65 bits per heavy atom. The van der Waals surface area contributed by atoms with Crippen LogP contribution in [0.4, 0.5) is 10.1 Å². The molecule has 7 nitrogen and oxygen atoms in total. The minimum absolute atomic E-state index is 0.0992. The highest BCUT2D eigenvalue weighted by Gasteiger charge is 2.19. The lowest BCUT2D eigenvalue weighted by molar-refractivity contribution is -0.107. The molecule has 0 heterocycles. The zero-order valence-electron chi connectivity index (χ0n) is 11.0. The number of hydrogen-bond donors (Lipinski definition) is 3. The van der Waals surface area contributed by atoms with Gasteiger partial charge in [0.25, 0.3) is 0 Å². The smallest absolute Gasteiger partial charge is 0.201 e. The third-order valence-corrected chi connectivity index (χ3v) is 2.37. The zero-order valence-corrected chi connectivity index (χ0v) is 11.0. The Balaban J connectivity index is 3.17. The van der Waals surface area contributed by atoms with Gasteiger partial charge in [-0.1, -0.05) is 6.07 Å². The summed E-state index contributed by atoms with van der Waals surface area (Å²) in [6, 6.07) is 5.87. The molecular weight excluding hydrogens is 265 g/mol. The molecule has 0 spiro atoms. The van der Waals surface area contributed by atoms with Crippen LogP contribution in [0.2, 0.25) is 0 Å². The van der Waals surface area contributed by atoms with Crippen molar-refractivity contribution in [3.05, 3.63) is 29.6 Å². The Labute approximate surface area is 115 Å². The van der Waals surface area contributed by atoms with Crippen LogP contribution in [0.1, 0.15) is 11.9 Å². The van der Waals surface area contributed by atoms with E-state index >= 15 is 0 Å². The van der Waals surface area contributed by atoms with Crippen molar-refractivity contribution in [3.63, 3.8) is 0 Å². The number of ether oxygens (including phenoxy) is 2. The van der Waals surface area contributed by atoms with E-state index in [-0.39, 0.29) is 17.0 Å². The van der Waals surface area contributed by atoms with Crippen molar-refractivity contribution in [1.82, 2.24) is 0 Å². The van der Waals surface area contributed by atoms with Gasteiger partial charge in [0.1, 0.15) is 11.9 Å². The Morgan fingerprint density at radius 2 is 2.15 bits per heavy atom. The minimum Gasteiger partial charge on any atom is -0.382 e. The van der Waals surface area contributed by atoms with Crippen molar-refractivity contribution >= 4 is 17.2 Å². The average Bonchev–Trinajstić information content (AvgIpc) is 2.42. The topological polar surface area (TPSA) is 117 Å². The highest BCUT2D eigenvalue weighted by atomic mass is 19.1. The number of rotatable bonds is 6. The number of nitrogens with zero attached hydrogens (tertiary/aromatic N) is 2. The molecule has 0 bridgehead atoms. The molecule has 0 aromatic heterocycles. The van der Waals surface area contributed by atoms with Gasteiger partial charge in [-0.25, -0.2) is 4.39 Å².